The molecule has 2 rings (SSSR count). The Morgan fingerprint density at radius 2 is 1.58 bits per heavy atom. The molecule has 0 spiro atoms. The first-order chi connectivity index (χ1) is 8.91. The van der Waals surface area contributed by atoms with E-state index in [-0.39, 0.29) is 22.6 Å². The smallest absolute Gasteiger partial charge is 0.197 e. The van der Waals surface area contributed by atoms with Crippen molar-refractivity contribution in [3.05, 3.63) is 47.0 Å². The Hall–Kier alpha value is -2.69. The summed E-state index contributed by atoms with van der Waals surface area (Å²) in [6, 6.07) is 6.47. The lowest BCUT2D eigenvalue weighted by Crippen LogP contribution is -2.02. The lowest BCUT2D eigenvalue weighted by Gasteiger charge is -2.08. The van der Waals surface area contributed by atoms with Gasteiger partial charge in [0.2, 0.25) is 0 Å². The van der Waals surface area contributed by atoms with Crippen LogP contribution in [0.5, 0.6) is 23.0 Å². The Morgan fingerprint density at radius 1 is 0.895 bits per heavy atom. The molecule has 0 saturated heterocycles. The second-order valence-electron chi connectivity index (χ2n) is 4.16. The maximum Gasteiger partial charge on any atom is 0.197 e. The Kier molecular flexibility index (Phi) is 3.04. The second kappa shape index (κ2) is 4.53. The molecule has 5 nitrogen and oxygen atoms in total. The Bertz CT molecular complexity index is 661. The Labute approximate surface area is 109 Å². The quantitative estimate of drug-likeness (QED) is 0.489. The first kappa shape index (κ1) is 12.8. The molecular weight excluding hydrogens is 248 g/mol. The molecule has 0 aliphatic carbocycles. The van der Waals surface area contributed by atoms with Gasteiger partial charge in [0.05, 0.1) is 5.56 Å². The van der Waals surface area contributed by atoms with Crippen molar-refractivity contribution >= 4 is 5.78 Å². The molecule has 2 aromatic carbocycles. The average molecular weight is 260 g/mol. The van der Waals surface area contributed by atoms with E-state index >= 15 is 0 Å². The third-order valence-corrected chi connectivity index (χ3v) is 2.84. The van der Waals surface area contributed by atoms with Gasteiger partial charge in [0.15, 0.2) is 28.8 Å². The van der Waals surface area contributed by atoms with E-state index in [1.54, 1.807) is 6.92 Å². The summed E-state index contributed by atoms with van der Waals surface area (Å²) in [5.74, 6) is -2.19. The van der Waals surface area contributed by atoms with Gasteiger partial charge in [-0.2, -0.15) is 0 Å². The van der Waals surface area contributed by atoms with E-state index in [0.717, 1.165) is 6.07 Å². The van der Waals surface area contributed by atoms with E-state index in [1.807, 2.05) is 0 Å². The van der Waals surface area contributed by atoms with Crippen LogP contribution in [0, 0.1) is 6.92 Å². The van der Waals surface area contributed by atoms with Crippen molar-refractivity contribution in [1.82, 2.24) is 0 Å². The zero-order valence-electron chi connectivity index (χ0n) is 10.1. The molecule has 5 heteroatoms. The second-order valence-corrected chi connectivity index (χ2v) is 4.16. The number of rotatable bonds is 2. The first-order valence-electron chi connectivity index (χ1n) is 5.50. The van der Waals surface area contributed by atoms with Crippen molar-refractivity contribution in [2.75, 3.05) is 0 Å². The Balaban J connectivity index is 2.50. The third-order valence-electron chi connectivity index (χ3n) is 2.84. The number of hydrogen-bond donors (Lipinski definition) is 4. The van der Waals surface area contributed by atoms with Gasteiger partial charge in [-0.25, -0.2) is 0 Å². The highest BCUT2D eigenvalue weighted by Crippen LogP contribution is 2.34. The van der Waals surface area contributed by atoms with Gasteiger partial charge < -0.3 is 20.4 Å². The molecule has 0 bridgehead atoms. The van der Waals surface area contributed by atoms with E-state index in [9.17, 15) is 25.2 Å². The number of benzene rings is 2. The molecule has 0 fully saturated rings. The van der Waals surface area contributed by atoms with Crippen LogP contribution in [0.2, 0.25) is 0 Å². The Morgan fingerprint density at radius 3 is 2.21 bits per heavy atom. The van der Waals surface area contributed by atoms with Crippen LogP contribution < -0.4 is 0 Å². The molecule has 0 amide bonds. The molecule has 0 aromatic heterocycles. The summed E-state index contributed by atoms with van der Waals surface area (Å²) < 4.78 is 0. The van der Waals surface area contributed by atoms with Crippen LogP contribution in [0.15, 0.2) is 30.3 Å². The van der Waals surface area contributed by atoms with Crippen LogP contribution in [-0.4, -0.2) is 26.2 Å². The van der Waals surface area contributed by atoms with Crippen molar-refractivity contribution in [3.8, 4) is 23.0 Å². The minimum atomic E-state index is -0.567. The summed E-state index contributed by atoms with van der Waals surface area (Å²) in [4.78, 5) is 12.1. The summed E-state index contributed by atoms with van der Waals surface area (Å²) >= 11 is 0. The van der Waals surface area contributed by atoms with Crippen LogP contribution in [0.3, 0.4) is 0 Å². The standard InChI is InChI=1S/C14H12O5/c1-7-2-4-9(14(19)12(7)17)13(18)8-3-5-10(15)11(16)6-8/h2-6,15-17,19H,1H3. The molecule has 0 radical (unpaired) electrons. The van der Waals surface area contributed by atoms with Crippen LogP contribution in [0.1, 0.15) is 21.5 Å². The van der Waals surface area contributed by atoms with Gasteiger partial charge in [-0.1, -0.05) is 6.07 Å². The number of carbonyl (C=O) groups excluding carboxylic acids is 1. The predicted octanol–water partition coefficient (Wildman–Crippen LogP) is 2.05. The summed E-state index contributed by atoms with van der Waals surface area (Å²) in [7, 11) is 0. The van der Waals surface area contributed by atoms with Gasteiger partial charge >= 0.3 is 0 Å². The highest BCUT2D eigenvalue weighted by atomic mass is 16.3. The van der Waals surface area contributed by atoms with Gasteiger partial charge in [0.1, 0.15) is 0 Å². The number of aromatic hydroxyl groups is 4. The molecule has 0 aliphatic heterocycles. The van der Waals surface area contributed by atoms with Crippen molar-refractivity contribution in [2.45, 2.75) is 6.92 Å². The number of aryl methyl sites for hydroxylation is 1. The van der Waals surface area contributed by atoms with Crippen molar-refractivity contribution in [3.63, 3.8) is 0 Å². The van der Waals surface area contributed by atoms with Gasteiger partial charge in [0.25, 0.3) is 0 Å². The molecule has 19 heavy (non-hydrogen) atoms. The molecule has 98 valence electrons. The predicted molar refractivity (Wildman–Crippen MR) is 67.7 cm³/mol. The lowest BCUT2D eigenvalue weighted by atomic mass is 10.00. The zero-order chi connectivity index (χ0) is 14.2. The van der Waals surface area contributed by atoms with Gasteiger partial charge in [0, 0.05) is 5.56 Å². The van der Waals surface area contributed by atoms with Gasteiger partial charge in [-0.05, 0) is 36.8 Å². The van der Waals surface area contributed by atoms with E-state index < -0.39 is 17.3 Å². The number of phenolic OH excluding ortho intramolecular Hbond substituents is 4. The van der Waals surface area contributed by atoms with E-state index in [4.69, 9.17) is 0 Å². The number of phenols is 4. The average Bonchev–Trinajstić information content (AvgIpc) is 2.39. The molecule has 2 aromatic rings. The fourth-order valence-corrected chi connectivity index (χ4v) is 1.68. The zero-order valence-corrected chi connectivity index (χ0v) is 10.1. The van der Waals surface area contributed by atoms with Crippen molar-refractivity contribution < 1.29 is 25.2 Å². The summed E-state index contributed by atoms with van der Waals surface area (Å²) in [5.41, 5.74) is 0.463. The molecule has 0 aliphatic rings. The topological polar surface area (TPSA) is 98.0 Å². The van der Waals surface area contributed by atoms with E-state index in [1.165, 1.54) is 24.3 Å². The van der Waals surface area contributed by atoms with E-state index in [0.29, 0.717) is 5.56 Å². The SMILES string of the molecule is Cc1ccc(C(=O)c2ccc(O)c(O)c2)c(O)c1O. The fraction of sp³-hybridized carbons (Fsp3) is 0.0714. The molecule has 0 atom stereocenters. The highest BCUT2D eigenvalue weighted by Gasteiger charge is 2.18. The maximum absolute atomic E-state index is 12.1. The van der Waals surface area contributed by atoms with Crippen LogP contribution in [-0.2, 0) is 0 Å². The number of carbonyl (C=O) groups is 1. The molecular formula is C14H12O5. The fourth-order valence-electron chi connectivity index (χ4n) is 1.68. The molecule has 0 heterocycles. The summed E-state index contributed by atoms with van der Waals surface area (Å²) in [6.07, 6.45) is 0. The van der Waals surface area contributed by atoms with E-state index in [2.05, 4.69) is 0 Å². The summed E-state index contributed by atoms with van der Waals surface area (Å²) in [6.45, 7) is 1.59. The normalized spacial score (nSPS) is 10.4. The summed E-state index contributed by atoms with van der Waals surface area (Å²) in [5, 5.41) is 37.9. The van der Waals surface area contributed by atoms with Gasteiger partial charge in [-0.3, -0.25) is 4.79 Å². The maximum atomic E-state index is 12.1. The largest absolute Gasteiger partial charge is 0.504 e. The minimum Gasteiger partial charge on any atom is -0.504 e. The first-order valence-corrected chi connectivity index (χ1v) is 5.50. The van der Waals surface area contributed by atoms with Crippen LogP contribution >= 0.6 is 0 Å². The van der Waals surface area contributed by atoms with Crippen molar-refractivity contribution in [1.29, 1.82) is 0 Å². The third kappa shape index (κ3) is 2.18. The monoisotopic (exact) mass is 260 g/mol. The minimum absolute atomic E-state index is 0.0758. The number of hydrogen-bond acceptors (Lipinski definition) is 5. The highest BCUT2D eigenvalue weighted by molar-refractivity contribution is 6.11. The van der Waals surface area contributed by atoms with Crippen LogP contribution in [0.4, 0.5) is 0 Å². The van der Waals surface area contributed by atoms with Crippen LogP contribution in [0.25, 0.3) is 0 Å². The molecule has 0 saturated carbocycles. The van der Waals surface area contributed by atoms with Crippen molar-refractivity contribution in [2.24, 2.45) is 0 Å². The molecule has 0 unspecified atom stereocenters. The molecule has 4 N–H and O–H groups in total. The number of ketones is 1. The van der Waals surface area contributed by atoms with Gasteiger partial charge in [-0.15, -0.1) is 0 Å². The lowest BCUT2D eigenvalue weighted by molar-refractivity contribution is 0.103.